The van der Waals surface area contributed by atoms with Crippen LogP contribution in [-0.4, -0.2) is 6.10 Å². The van der Waals surface area contributed by atoms with Crippen molar-refractivity contribution in [2.24, 2.45) is 0 Å². The Hall–Kier alpha value is -0.980. The number of aryl methyl sites for hydroxylation is 1. The van der Waals surface area contributed by atoms with Crippen molar-refractivity contribution in [3.8, 4) is 5.75 Å². The van der Waals surface area contributed by atoms with Crippen LogP contribution in [0.5, 0.6) is 5.75 Å². The van der Waals surface area contributed by atoms with Crippen molar-refractivity contribution in [3.05, 3.63) is 29.8 Å². The first-order valence-electron chi connectivity index (χ1n) is 5.08. The predicted molar refractivity (Wildman–Crippen MR) is 54.1 cm³/mol. The number of benzene rings is 1. The summed E-state index contributed by atoms with van der Waals surface area (Å²) in [6, 6.07) is 8.33. The van der Waals surface area contributed by atoms with Gasteiger partial charge in [0.1, 0.15) is 5.75 Å². The Kier molecular flexibility index (Phi) is 2.53. The Morgan fingerprint density at radius 3 is 2.31 bits per heavy atom. The molecule has 0 saturated heterocycles. The van der Waals surface area contributed by atoms with Gasteiger partial charge in [-0.15, -0.1) is 0 Å². The summed E-state index contributed by atoms with van der Waals surface area (Å²) in [7, 11) is 0. The minimum absolute atomic E-state index is 0.475. The average Bonchev–Trinajstić information content (AvgIpc) is 2.62. The van der Waals surface area contributed by atoms with Crippen molar-refractivity contribution in [3.63, 3.8) is 0 Å². The zero-order chi connectivity index (χ0) is 9.10. The molecule has 1 heteroatoms. The van der Waals surface area contributed by atoms with E-state index in [0.29, 0.717) is 6.10 Å². The van der Waals surface area contributed by atoms with Crippen molar-refractivity contribution in [1.29, 1.82) is 0 Å². The van der Waals surface area contributed by atoms with Gasteiger partial charge in [-0.1, -0.05) is 17.7 Å². The molecule has 0 amide bonds. The zero-order valence-electron chi connectivity index (χ0n) is 8.12. The maximum Gasteiger partial charge on any atom is 0.119 e. The third-order valence-corrected chi connectivity index (χ3v) is 2.63. The summed E-state index contributed by atoms with van der Waals surface area (Å²) < 4.78 is 5.83. The third kappa shape index (κ3) is 2.24. The highest BCUT2D eigenvalue weighted by atomic mass is 16.5. The molecule has 1 saturated carbocycles. The van der Waals surface area contributed by atoms with E-state index in [4.69, 9.17) is 4.74 Å². The summed E-state index contributed by atoms with van der Waals surface area (Å²) in [5.41, 5.74) is 1.29. The largest absolute Gasteiger partial charge is 0.490 e. The second-order valence-electron chi connectivity index (χ2n) is 3.84. The molecular weight excluding hydrogens is 160 g/mol. The summed E-state index contributed by atoms with van der Waals surface area (Å²) in [6.07, 6.45) is 5.59. The first-order chi connectivity index (χ1) is 6.34. The van der Waals surface area contributed by atoms with E-state index in [2.05, 4.69) is 31.2 Å². The van der Waals surface area contributed by atoms with E-state index < -0.39 is 0 Å². The second-order valence-corrected chi connectivity index (χ2v) is 3.84. The molecular formula is C12H16O. The van der Waals surface area contributed by atoms with E-state index in [-0.39, 0.29) is 0 Å². The minimum Gasteiger partial charge on any atom is -0.490 e. The monoisotopic (exact) mass is 176 g/mol. The van der Waals surface area contributed by atoms with Gasteiger partial charge in [0.15, 0.2) is 0 Å². The molecule has 0 atom stereocenters. The highest BCUT2D eigenvalue weighted by molar-refractivity contribution is 5.26. The molecule has 0 N–H and O–H groups in total. The number of hydrogen-bond donors (Lipinski definition) is 0. The molecule has 1 aliphatic carbocycles. The maximum atomic E-state index is 5.83. The molecule has 1 aliphatic rings. The first kappa shape index (κ1) is 8.61. The Morgan fingerprint density at radius 2 is 1.69 bits per heavy atom. The smallest absolute Gasteiger partial charge is 0.119 e. The van der Waals surface area contributed by atoms with Crippen molar-refractivity contribution in [2.75, 3.05) is 0 Å². The Bertz CT molecular complexity index is 257. The summed E-state index contributed by atoms with van der Waals surface area (Å²) >= 11 is 0. The molecule has 13 heavy (non-hydrogen) atoms. The van der Waals surface area contributed by atoms with Crippen LogP contribution in [0.25, 0.3) is 0 Å². The van der Waals surface area contributed by atoms with Crippen LogP contribution in [0.4, 0.5) is 0 Å². The quantitative estimate of drug-likeness (QED) is 0.671. The SMILES string of the molecule is Cc1ccc(OC2CCCC2)cc1. The minimum atomic E-state index is 0.475. The Morgan fingerprint density at radius 1 is 1.08 bits per heavy atom. The lowest BCUT2D eigenvalue weighted by Crippen LogP contribution is -2.10. The predicted octanol–water partition coefficient (Wildman–Crippen LogP) is 3.32. The van der Waals surface area contributed by atoms with Gasteiger partial charge in [0.05, 0.1) is 6.10 Å². The lowest BCUT2D eigenvalue weighted by molar-refractivity contribution is 0.210. The summed E-state index contributed by atoms with van der Waals surface area (Å²) in [5, 5.41) is 0. The third-order valence-electron chi connectivity index (χ3n) is 2.63. The molecule has 0 aromatic heterocycles. The summed E-state index contributed by atoms with van der Waals surface area (Å²) in [4.78, 5) is 0. The Labute approximate surface area is 79.7 Å². The van der Waals surface area contributed by atoms with Gasteiger partial charge in [-0.2, -0.15) is 0 Å². The molecule has 0 unspecified atom stereocenters. The topological polar surface area (TPSA) is 9.23 Å². The normalized spacial score (nSPS) is 17.6. The fourth-order valence-corrected chi connectivity index (χ4v) is 1.82. The standard InChI is InChI=1S/C12H16O/c1-10-6-8-12(9-7-10)13-11-4-2-3-5-11/h6-9,11H,2-5H2,1H3. The maximum absolute atomic E-state index is 5.83. The molecule has 1 fully saturated rings. The highest BCUT2D eigenvalue weighted by Crippen LogP contribution is 2.23. The average molecular weight is 176 g/mol. The van der Waals surface area contributed by atoms with Crippen molar-refractivity contribution in [2.45, 2.75) is 38.7 Å². The van der Waals surface area contributed by atoms with Crippen molar-refractivity contribution < 1.29 is 4.74 Å². The van der Waals surface area contributed by atoms with Gasteiger partial charge < -0.3 is 4.74 Å². The van der Waals surface area contributed by atoms with Gasteiger partial charge in [0, 0.05) is 0 Å². The molecule has 0 heterocycles. The number of hydrogen-bond acceptors (Lipinski definition) is 1. The summed E-state index contributed by atoms with van der Waals surface area (Å²) in [5.74, 6) is 1.03. The van der Waals surface area contributed by atoms with Crippen LogP contribution >= 0.6 is 0 Å². The van der Waals surface area contributed by atoms with Crippen LogP contribution in [0.2, 0.25) is 0 Å². The van der Waals surface area contributed by atoms with Crippen LogP contribution < -0.4 is 4.74 Å². The number of ether oxygens (including phenoxy) is 1. The molecule has 1 aromatic rings. The zero-order valence-corrected chi connectivity index (χ0v) is 8.12. The fraction of sp³-hybridized carbons (Fsp3) is 0.500. The Balaban J connectivity index is 1.97. The van der Waals surface area contributed by atoms with Gasteiger partial charge in [-0.25, -0.2) is 0 Å². The summed E-state index contributed by atoms with van der Waals surface area (Å²) in [6.45, 7) is 2.10. The molecule has 0 aliphatic heterocycles. The lowest BCUT2D eigenvalue weighted by atomic mass is 10.2. The first-order valence-corrected chi connectivity index (χ1v) is 5.08. The van der Waals surface area contributed by atoms with Crippen LogP contribution in [0.3, 0.4) is 0 Å². The molecule has 0 spiro atoms. The highest BCUT2D eigenvalue weighted by Gasteiger charge is 2.15. The molecule has 0 radical (unpaired) electrons. The van der Waals surface area contributed by atoms with Crippen LogP contribution in [0, 0.1) is 6.92 Å². The fourth-order valence-electron chi connectivity index (χ4n) is 1.82. The van der Waals surface area contributed by atoms with Crippen molar-refractivity contribution >= 4 is 0 Å². The lowest BCUT2D eigenvalue weighted by Gasteiger charge is -2.12. The molecule has 1 nitrogen and oxygen atoms in total. The van der Waals surface area contributed by atoms with Gasteiger partial charge in [0.25, 0.3) is 0 Å². The number of rotatable bonds is 2. The molecule has 1 aromatic carbocycles. The van der Waals surface area contributed by atoms with Gasteiger partial charge in [-0.3, -0.25) is 0 Å². The van der Waals surface area contributed by atoms with Crippen LogP contribution in [-0.2, 0) is 0 Å². The van der Waals surface area contributed by atoms with E-state index >= 15 is 0 Å². The molecule has 2 rings (SSSR count). The second kappa shape index (κ2) is 3.82. The molecule has 70 valence electrons. The van der Waals surface area contributed by atoms with Gasteiger partial charge >= 0.3 is 0 Å². The van der Waals surface area contributed by atoms with Gasteiger partial charge in [-0.05, 0) is 44.7 Å². The van der Waals surface area contributed by atoms with Crippen molar-refractivity contribution in [1.82, 2.24) is 0 Å². The molecule has 0 bridgehead atoms. The van der Waals surface area contributed by atoms with E-state index in [1.54, 1.807) is 0 Å². The van der Waals surface area contributed by atoms with E-state index in [1.165, 1.54) is 31.2 Å². The van der Waals surface area contributed by atoms with E-state index in [9.17, 15) is 0 Å². The van der Waals surface area contributed by atoms with Crippen LogP contribution in [0.1, 0.15) is 31.2 Å². The van der Waals surface area contributed by atoms with Gasteiger partial charge in [0.2, 0.25) is 0 Å². The van der Waals surface area contributed by atoms with E-state index in [1.807, 2.05) is 0 Å². The van der Waals surface area contributed by atoms with E-state index in [0.717, 1.165) is 5.75 Å². The van der Waals surface area contributed by atoms with Crippen LogP contribution in [0.15, 0.2) is 24.3 Å².